The van der Waals surface area contributed by atoms with Crippen LogP contribution in [0, 0.1) is 5.82 Å². The SMILES string of the molecule is CCOc1cc(C=CC(=O)O)c(Br)c(Br)c1OCc1c(F)cccc1Cl. The van der Waals surface area contributed by atoms with Crippen LogP contribution in [-0.4, -0.2) is 17.7 Å². The first-order valence-electron chi connectivity index (χ1n) is 7.46. The molecule has 0 saturated heterocycles. The fourth-order valence-corrected chi connectivity index (χ4v) is 3.28. The standard InChI is InChI=1S/C18H14Br2ClFO4/c1-2-25-14-8-10(6-7-15(23)24)16(19)17(20)18(14)26-9-11-12(21)4-3-5-13(11)22/h3-8H,2,9H2,1H3,(H,23,24). The fraction of sp³-hybridized carbons (Fsp3) is 0.167. The summed E-state index contributed by atoms with van der Waals surface area (Å²) in [6.07, 6.45) is 2.44. The van der Waals surface area contributed by atoms with Gasteiger partial charge in [-0.3, -0.25) is 0 Å². The topological polar surface area (TPSA) is 55.8 Å². The predicted molar refractivity (Wildman–Crippen MR) is 105 cm³/mol. The highest BCUT2D eigenvalue weighted by Gasteiger charge is 2.18. The molecule has 0 fully saturated rings. The normalized spacial score (nSPS) is 11.0. The van der Waals surface area contributed by atoms with Gasteiger partial charge in [-0.2, -0.15) is 0 Å². The Bertz CT molecular complexity index is 835. The zero-order valence-electron chi connectivity index (χ0n) is 13.6. The molecule has 0 saturated carbocycles. The third-order valence-corrected chi connectivity index (χ3v) is 5.78. The Morgan fingerprint density at radius 3 is 2.65 bits per heavy atom. The largest absolute Gasteiger partial charge is 0.490 e. The summed E-state index contributed by atoms with van der Waals surface area (Å²) in [6.45, 7) is 2.08. The van der Waals surface area contributed by atoms with Crippen molar-refractivity contribution in [2.45, 2.75) is 13.5 Å². The second-order valence-electron chi connectivity index (χ2n) is 5.01. The minimum atomic E-state index is -1.07. The fourth-order valence-electron chi connectivity index (χ4n) is 2.10. The van der Waals surface area contributed by atoms with Crippen molar-refractivity contribution in [1.29, 1.82) is 0 Å². The molecule has 0 aliphatic rings. The van der Waals surface area contributed by atoms with Gasteiger partial charge in [-0.25, -0.2) is 9.18 Å². The molecule has 1 N–H and O–H groups in total. The highest BCUT2D eigenvalue weighted by atomic mass is 79.9. The van der Waals surface area contributed by atoms with Crippen molar-refractivity contribution >= 4 is 55.5 Å². The van der Waals surface area contributed by atoms with Crippen LogP contribution in [0.1, 0.15) is 18.1 Å². The number of carboxylic acid groups (broad SMARTS) is 1. The summed E-state index contributed by atoms with van der Waals surface area (Å²) >= 11 is 12.8. The third-order valence-electron chi connectivity index (χ3n) is 3.28. The molecule has 0 atom stereocenters. The number of hydrogen-bond acceptors (Lipinski definition) is 3. The highest BCUT2D eigenvalue weighted by molar-refractivity contribution is 9.13. The molecule has 0 heterocycles. The maximum absolute atomic E-state index is 13.9. The van der Waals surface area contributed by atoms with E-state index in [-0.39, 0.29) is 17.2 Å². The van der Waals surface area contributed by atoms with Crippen molar-refractivity contribution in [1.82, 2.24) is 0 Å². The minimum Gasteiger partial charge on any atom is -0.490 e. The van der Waals surface area contributed by atoms with E-state index in [4.69, 9.17) is 26.2 Å². The quantitative estimate of drug-likeness (QED) is 0.461. The van der Waals surface area contributed by atoms with E-state index in [1.54, 1.807) is 19.1 Å². The molecule has 0 radical (unpaired) electrons. The van der Waals surface area contributed by atoms with Crippen molar-refractivity contribution < 1.29 is 23.8 Å². The van der Waals surface area contributed by atoms with E-state index in [1.165, 1.54) is 18.2 Å². The number of ether oxygens (including phenoxy) is 2. The average Bonchev–Trinajstić information content (AvgIpc) is 2.58. The Labute approximate surface area is 171 Å². The van der Waals surface area contributed by atoms with Crippen LogP contribution >= 0.6 is 43.5 Å². The van der Waals surface area contributed by atoms with E-state index in [1.807, 2.05) is 0 Å². The molecule has 0 unspecified atom stereocenters. The molecule has 2 aromatic carbocycles. The van der Waals surface area contributed by atoms with Crippen molar-refractivity contribution in [2.24, 2.45) is 0 Å². The van der Waals surface area contributed by atoms with Crippen LogP contribution in [0.5, 0.6) is 11.5 Å². The minimum absolute atomic E-state index is 0.0963. The number of halogens is 4. The van der Waals surface area contributed by atoms with E-state index in [0.29, 0.717) is 32.6 Å². The Hall–Kier alpha value is -1.57. The lowest BCUT2D eigenvalue weighted by Gasteiger charge is -2.17. The molecule has 0 aliphatic heterocycles. The van der Waals surface area contributed by atoms with E-state index in [9.17, 15) is 9.18 Å². The zero-order chi connectivity index (χ0) is 19.3. The lowest BCUT2D eigenvalue weighted by atomic mass is 10.2. The van der Waals surface area contributed by atoms with Gasteiger partial charge in [-0.15, -0.1) is 0 Å². The molecule has 8 heteroatoms. The van der Waals surface area contributed by atoms with Crippen LogP contribution in [0.25, 0.3) is 6.08 Å². The van der Waals surface area contributed by atoms with E-state index in [2.05, 4.69) is 31.9 Å². The molecule has 26 heavy (non-hydrogen) atoms. The van der Waals surface area contributed by atoms with Crippen LogP contribution in [-0.2, 0) is 11.4 Å². The van der Waals surface area contributed by atoms with Gasteiger partial charge in [-0.1, -0.05) is 17.7 Å². The van der Waals surface area contributed by atoms with Crippen molar-refractivity contribution in [2.75, 3.05) is 6.61 Å². The van der Waals surface area contributed by atoms with E-state index >= 15 is 0 Å². The van der Waals surface area contributed by atoms with Crippen molar-refractivity contribution in [3.05, 3.63) is 61.3 Å². The van der Waals surface area contributed by atoms with Gasteiger partial charge in [-0.05, 0) is 68.6 Å². The number of carbonyl (C=O) groups is 1. The molecular weight excluding hydrogens is 494 g/mol. The number of benzene rings is 2. The van der Waals surface area contributed by atoms with Crippen LogP contribution in [0.4, 0.5) is 4.39 Å². The molecule has 2 aromatic rings. The summed E-state index contributed by atoms with van der Waals surface area (Å²) in [7, 11) is 0. The first-order valence-corrected chi connectivity index (χ1v) is 9.43. The van der Waals surface area contributed by atoms with Gasteiger partial charge in [0.25, 0.3) is 0 Å². The molecular formula is C18H14Br2ClFO4. The maximum atomic E-state index is 13.9. The number of carboxylic acids is 1. The lowest BCUT2D eigenvalue weighted by molar-refractivity contribution is -0.131. The molecule has 0 spiro atoms. The molecule has 0 aliphatic carbocycles. The molecule has 2 rings (SSSR count). The third kappa shape index (κ3) is 4.99. The molecule has 0 amide bonds. The number of rotatable bonds is 7. The smallest absolute Gasteiger partial charge is 0.328 e. The maximum Gasteiger partial charge on any atom is 0.328 e. The average molecular weight is 509 g/mol. The lowest BCUT2D eigenvalue weighted by Crippen LogP contribution is -2.03. The summed E-state index contributed by atoms with van der Waals surface area (Å²) in [5, 5.41) is 9.07. The van der Waals surface area contributed by atoms with E-state index in [0.717, 1.165) is 6.08 Å². The van der Waals surface area contributed by atoms with Gasteiger partial charge < -0.3 is 14.6 Å². The van der Waals surface area contributed by atoms with E-state index < -0.39 is 11.8 Å². The summed E-state index contributed by atoms with van der Waals surface area (Å²) in [5.41, 5.74) is 0.813. The van der Waals surface area contributed by atoms with Gasteiger partial charge >= 0.3 is 5.97 Å². The molecule has 0 aromatic heterocycles. The van der Waals surface area contributed by atoms with Crippen molar-refractivity contribution in [3.63, 3.8) is 0 Å². The van der Waals surface area contributed by atoms with Crippen LogP contribution in [0.3, 0.4) is 0 Å². The summed E-state index contributed by atoms with van der Waals surface area (Å²) in [6, 6.07) is 6.04. The van der Waals surface area contributed by atoms with Gasteiger partial charge in [0.05, 0.1) is 16.1 Å². The molecule has 4 nitrogen and oxygen atoms in total. The number of aliphatic carboxylic acids is 1. The Kier molecular flexibility index (Phi) is 7.49. The van der Waals surface area contributed by atoms with Crippen LogP contribution < -0.4 is 9.47 Å². The summed E-state index contributed by atoms with van der Waals surface area (Å²) < 4.78 is 26.4. The molecule has 138 valence electrons. The zero-order valence-corrected chi connectivity index (χ0v) is 17.5. The monoisotopic (exact) mass is 506 g/mol. The van der Waals surface area contributed by atoms with Crippen molar-refractivity contribution in [3.8, 4) is 11.5 Å². The van der Waals surface area contributed by atoms with Gasteiger partial charge in [0.2, 0.25) is 0 Å². The highest BCUT2D eigenvalue weighted by Crippen LogP contribution is 2.44. The Balaban J connectivity index is 2.41. The first-order chi connectivity index (χ1) is 12.3. The van der Waals surface area contributed by atoms with Crippen LogP contribution in [0.2, 0.25) is 5.02 Å². The summed E-state index contributed by atoms with van der Waals surface area (Å²) in [5.74, 6) is -0.794. The Morgan fingerprint density at radius 2 is 2.04 bits per heavy atom. The molecule has 0 bridgehead atoms. The van der Waals surface area contributed by atoms with Gasteiger partial charge in [0.15, 0.2) is 11.5 Å². The first kappa shape index (κ1) is 20.7. The number of hydrogen-bond donors (Lipinski definition) is 1. The van der Waals surface area contributed by atoms with Gasteiger partial charge in [0, 0.05) is 16.1 Å². The predicted octanol–water partition coefficient (Wildman–Crippen LogP) is 6.08. The van der Waals surface area contributed by atoms with Gasteiger partial charge in [0.1, 0.15) is 12.4 Å². The second kappa shape index (κ2) is 9.39. The van der Waals surface area contributed by atoms with Crippen LogP contribution in [0.15, 0.2) is 39.3 Å². The Morgan fingerprint density at radius 1 is 1.31 bits per heavy atom. The summed E-state index contributed by atoms with van der Waals surface area (Å²) in [4.78, 5) is 10.8. The second-order valence-corrected chi connectivity index (χ2v) is 7.01.